The molecule has 3 aliphatic rings. The van der Waals surface area contributed by atoms with Gasteiger partial charge in [-0.15, -0.1) is 0 Å². The zero-order valence-corrected chi connectivity index (χ0v) is 16.5. The summed E-state index contributed by atoms with van der Waals surface area (Å²) in [6.45, 7) is 1.38. The van der Waals surface area contributed by atoms with Gasteiger partial charge in [-0.05, 0) is 43.7 Å². The Morgan fingerprint density at radius 3 is 2.86 bits per heavy atom. The van der Waals surface area contributed by atoms with Gasteiger partial charge in [-0.25, -0.2) is 0 Å². The fraction of sp³-hybridized carbons (Fsp3) is 0.667. The Bertz CT molecular complexity index is 712. The van der Waals surface area contributed by atoms with Gasteiger partial charge >= 0.3 is 0 Å². The van der Waals surface area contributed by atoms with Gasteiger partial charge in [-0.1, -0.05) is 0 Å². The van der Waals surface area contributed by atoms with E-state index in [1.54, 1.807) is 23.2 Å². The third-order valence-corrected chi connectivity index (χ3v) is 5.85. The van der Waals surface area contributed by atoms with E-state index in [2.05, 4.69) is 10.3 Å². The Morgan fingerprint density at radius 2 is 2.10 bits per heavy atom. The summed E-state index contributed by atoms with van der Waals surface area (Å²) in [7, 11) is 0. The Morgan fingerprint density at radius 1 is 1.24 bits per heavy atom. The van der Waals surface area contributed by atoms with Gasteiger partial charge < -0.3 is 24.8 Å². The van der Waals surface area contributed by atoms with Crippen LogP contribution in [0, 0.1) is 5.92 Å². The van der Waals surface area contributed by atoms with Crippen molar-refractivity contribution in [2.75, 3.05) is 26.3 Å². The molecule has 8 nitrogen and oxygen atoms in total. The number of pyridine rings is 1. The molecule has 3 fully saturated rings. The molecule has 0 radical (unpaired) electrons. The van der Waals surface area contributed by atoms with Crippen LogP contribution >= 0.6 is 0 Å². The first-order valence-electron chi connectivity index (χ1n) is 10.5. The van der Waals surface area contributed by atoms with Crippen LogP contribution in [0.4, 0.5) is 0 Å². The second-order valence-electron chi connectivity index (χ2n) is 8.28. The Hall–Kier alpha value is -2.03. The van der Waals surface area contributed by atoms with Gasteiger partial charge in [0.2, 0.25) is 5.91 Å². The van der Waals surface area contributed by atoms with Gasteiger partial charge in [0.05, 0.1) is 43.4 Å². The molecule has 1 aliphatic carbocycles. The second kappa shape index (κ2) is 9.19. The van der Waals surface area contributed by atoms with Crippen LogP contribution in [-0.4, -0.2) is 77.5 Å². The van der Waals surface area contributed by atoms with Crippen LogP contribution in [0.1, 0.15) is 42.5 Å². The molecule has 8 heteroatoms. The normalized spacial score (nSPS) is 30.0. The SMILES string of the molecule is O=C(C[C@H]1CC[C@@H]2[C@H](COC[C@@H](O)CN2C(=O)c2cccnc2)O1)NCC1CC1. The molecule has 2 N–H and O–H groups in total. The molecule has 0 unspecified atom stereocenters. The number of carbonyl (C=O) groups excluding carboxylic acids is 2. The first kappa shape index (κ1) is 20.3. The van der Waals surface area contributed by atoms with E-state index >= 15 is 0 Å². The number of rotatable bonds is 5. The number of aromatic nitrogens is 1. The number of nitrogens with zero attached hydrogens (tertiary/aromatic N) is 2. The quantitative estimate of drug-likeness (QED) is 0.752. The molecule has 2 saturated heterocycles. The highest BCUT2D eigenvalue weighted by Gasteiger charge is 2.40. The maximum absolute atomic E-state index is 13.1. The molecule has 3 heterocycles. The highest BCUT2D eigenvalue weighted by molar-refractivity contribution is 5.94. The van der Waals surface area contributed by atoms with Crippen molar-refractivity contribution in [2.24, 2.45) is 5.92 Å². The van der Waals surface area contributed by atoms with E-state index < -0.39 is 6.10 Å². The van der Waals surface area contributed by atoms with Crippen LogP contribution in [0.2, 0.25) is 0 Å². The molecule has 1 aromatic heterocycles. The maximum atomic E-state index is 13.1. The van der Waals surface area contributed by atoms with Crippen molar-refractivity contribution in [3.8, 4) is 0 Å². The van der Waals surface area contributed by atoms with E-state index in [0.717, 1.165) is 6.54 Å². The van der Waals surface area contributed by atoms with E-state index in [9.17, 15) is 14.7 Å². The van der Waals surface area contributed by atoms with Crippen LogP contribution in [0.3, 0.4) is 0 Å². The molecule has 0 aromatic carbocycles. The summed E-state index contributed by atoms with van der Waals surface area (Å²) in [5.41, 5.74) is 0.488. The third-order valence-electron chi connectivity index (χ3n) is 5.85. The monoisotopic (exact) mass is 403 g/mol. The largest absolute Gasteiger partial charge is 0.389 e. The highest BCUT2D eigenvalue weighted by Crippen LogP contribution is 2.29. The standard InChI is InChI=1S/C21H29N3O5/c25-16-11-24(21(27)15-2-1-7-22-10-15)18-6-5-17(29-19(18)13-28-12-16)8-20(26)23-9-14-3-4-14/h1-2,7,10,14,16-19,25H,3-6,8-9,11-13H2,(H,23,26)/t16-,17+,18+,19-/m0/s1. The molecule has 0 spiro atoms. The molecule has 0 bridgehead atoms. The molecule has 4 rings (SSSR count). The summed E-state index contributed by atoms with van der Waals surface area (Å²) in [4.78, 5) is 31.0. The minimum atomic E-state index is -0.748. The number of β-amino-alcohol motifs (C(OH)–C–C–N with tert-alkyl or cyclic N) is 1. The summed E-state index contributed by atoms with van der Waals surface area (Å²) in [6, 6.07) is 3.24. The average Bonchev–Trinajstić information content (AvgIpc) is 3.54. The van der Waals surface area contributed by atoms with Gasteiger partial charge in [-0.3, -0.25) is 14.6 Å². The van der Waals surface area contributed by atoms with Gasteiger partial charge in [0.1, 0.15) is 6.10 Å². The summed E-state index contributed by atoms with van der Waals surface area (Å²) >= 11 is 0. The summed E-state index contributed by atoms with van der Waals surface area (Å²) in [5.74, 6) is 0.497. The second-order valence-corrected chi connectivity index (χ2v) is 8.28. The number of carbonyl (C=O) groups is 2. The molecular formula is C21H29N3O5. The van der Waals surface area contributed by atoms with Crippen LogP contribution in [-0.2, 0) is 14.3 Å². The molecule has 29 heavy (non-hydrogen) atoms. The van der Waals surface area contributed by atoms with Crippen molar-refractivity contribution in [1.29, 1.82) is 0 Å². The highest BCUT2D eigenvalue weighted by atomic mass is 16.5. The van der Waals surface area contributed by atoms with Gasteiger partial charge in [0, 0.05) is 25.5 Å². The Kier molecular flexibility index (Phi) is 6.42. The Balaban J connectivity index is 1.41. The number of hydrogen-bond donors (Lipinski definition) is 2. The summed E-state index contributed by atoms with van der Waals surface area (Å²) < 4.78 is 11.8. The first-order valence-corrected chi connectivity index (χ1v) is 10.5. The fourth-order valence-electron chi connectivity index (χ4n) is 4.09. The van der Waals surface area contributed by atoms with Gasteiger partial charge in [-0.2, -0.15) is 0 Å². The van der Waals surface area contributed by atoms with Crippen LogP contribution < -0.4 is 5.32 Å². The number of hydrogen-bond acceptors (Lipinski definition) is 6. The van der Waals surface area contributed by atoms with Crippen molar-refractivity contribution < 1.29 is 24.2 Å². The molecular weight excluding hydrogens is 374 g/mol. The lowest BCUT2D eigenvalue weighted by atomic mass is 9.94. The van der Waals surface area contributed by atoms with Crippen molar-refractivity contribution in [1.82, 2.24) is 15.2 Å². The van der Waals surface area contributed by atoms with Crippen molar-refractivity contribution in [3.63, 3.8) is 0 Å². The molecule has 2 amide bonds. The molecule has 1 saturated carbocycles. The maximum Gasteiger partial charge on any atom is 0.255 e. The van der Waals surface area contributed by atoms with Gasteiger partial charge in [0.25, 0.3) is 5.91 Å². The number of aliphatic hydroxyl groups is 1. The number of amides is 2. The zero-order chi connectivity index (χ0) is 20.2. The lowest BCUT2D eigenvalue weighted by molar-refractivity contribution is -0.150. The average molecular weight is 403 g/mol. The smallest absolute Gasteiger partial charge is 0.255 e. The van der Waals surface area contributed by atoms with Crippen molar-refractivity contribution in [2.45, 2.75) is 56.5 Å². The summed E-state index contributed by atoms with van der Waals surface area (Å²) in [6.07, 6.45) is 6.03. The van der Waals surface area contributed by atoms with E-state index in [-0.39, 0.29) is 43.2 Å². The number of aliphatic hydroxyl groups excluding tert-OH is 1. The van der Waals surface area contributed by atoms with Crippen molar-refractivity contribution >= 4 is 11.8 Å². The van der Waals surface area contributed by atoms with Crippen LogP contribution in [0.25, 0.3) is 0 Å². The van der Waals surface area contributed by atoms with Crippen molar-refractivity contribution in [3.05, 3.63) is 30.1 Å². The minimum Gasteiger partial charge on any atom is -0.389 e. The van der Waals surface area contributed by atoms with Crippen LogP contribution in [0.15, 0.2) is 24.5 Å². The third kappa shape index (κ3) is 5.32. The molecule has 2 aliphatic heterocycles. The minimum absolute atomic E-state index is 0.0193. The zero-order valence-electron chi connectivity index (χ0n) is 16.5. The molecule has 1 aromatic rings. The number of ether oxygens (including phenoxy) is 2. The Labute approximate surface area is 170 Å². The van der Waals surface area contributed by atoms with E-state index in [1.165, 1.54) is 19.0 Å². The van der Waals surface area contributed by atoms with E-state index in [1.807, 2.05) is 0 Å². The first-order chi connectivity index (χ1) is 14.1. The topological polar surface area (TPSA) is 101 Å². The number of fused-ring (bicyclic) bond motifs is 1. The lowest BCUT2D eigenvalue weighted by Crippen LogP contribution is -2.57. The number of nitrogens with one attached hydrogen (secondary N) is 1. The van der Waals surface area contributed by atoms with E-state index in [0.29, 0.717) is 37.4 Å². The van der Waals surface area contributed by atoms with Gasteiger partial charge in [0.15, 0.2) is 0 Å². The van der Waals surface area contributed by atoms with Crippen LogP contribution in [0.5, 0.6) is 0 Å². The molecule has 4 atom stereocenters. The summed E-state index contributed by atoms with van der Waals surface area (Å²) in [5, 5.41) is 13.2. The lowest BCUT2D eigenvalue weighted by Gasteiger charge is -2.44. The predicted octanol–water partition coefficient (Wildman–Crippen LogP) is 0.747. The predicted molar refractivity (Wildman–Crippen MR) is 104 cm³/mol. The molecule has 158 valence electrons. The fourth-order valence-corrected chi connectivity index (χ4v) is 4.09. The van der Waals surface area contributed by atoms with E-state index in [4.69, 9.17) is 9.47 Å².